The van der Waals surface area contributed by atoms with Crippen LogP contribution in [-0.4, -0.2) is 28.8 Å². The Morgan fingerprint density at radius 3 is 2.62 bits per heavy atom. The number of anilines is 1. The van der Waals surface area contributed by atoms with Crippen molar-refractivity contribution in [2.24, 2.45) is 11.3 Å². The topological polar surface area (TPSA) is 59.0 Å². The second-order valence-electron chi connectivity index (χ2n) is 7.83. The summed E-state index contributed by atoms with van der Waals surface area (Å²) in [6.45, 7) is 2.08. The largest absolute Gasteiger partial charge is 0.317 e. The van der Waals surface area contributed by atoms with E-state index in [9.17, 15) is 4.79 Å². The molecule has 3 aliphatic rings. The standard InChI is InChI=1S/C20H24N4O.ClH/c25-19(16-13-20(16)8-10-21-11-9-20)22-18-12-17(14-6-7-14)23-24(18)15-4-2-1-3-5-15;/h1-5,12,14,16,21H,6-11,13H2,(H,22,25);1H. The van der Waals surface area contributed by atoms with Crippen LogP contribution in [0.25, 0.3) is 5.69 Å². The fraction of sp³-hybridized carbons (Fsp3) is 0.500. The Kier molecular flexibility index (Phi) is 4.53. The Balaban J connectivity index is 0.00000168. The Morgan fingerprint density at radius 1 is 1.19 bits per heavy atom. The molecule has 0 bridgehead atoms. The van der Waals surface area contributed by atoms with E-state index >= 15 is 0 Å². The number of carbonyl (C=O) groups is 1. The van der Waals surface area contributed by atoms with Crippen molar-refractivity contribution >= 4 is 24.1 Å². The van der Waals surface area contributed by atoms with Crippen LogP contribution < -0.4 is 10.6 Å². The van der Waals surface area contributed by atoms with Gasteiger partial charge in [0.25, 0.3) is 0 Å². The minimum atomic E-state index is 0. The summed E-state index contributed by atoms with van der Waals surface area (Å²) < 4.78 is 1.89. The van der Waals surface area contributed by atoms with Gasteiger partial charge in [0.1, 0.15) is 5.82 Å². The fourth-order valence-corrected chi connectivity index (χ4v) is 4.24. The van der Waals surface area contributed by atoms with Crippen molar-refractivity contribution in [3.05, 3.63) is 42.1 Å². The zero-order chi connectivity index (χ0) is 16.9. The number of hydrogen-bond donors (Lipinski definition) is 2. The van der Waals surface area contributed by atoms with E-state index in [0.717, 1.165) is 49.6 Å². The molecule has 2 aromatic rings. The number of nitrogens with zero attached hydrogens (tertiary/aromatic N) is 2. The molecule has 2 heterocycles. The molecule has 2 saturated carbocycles. The van der Waals surface area contributed by atoms with E-state index in [1.807, 2.05) is 35.0 Å². The summed E-state index contributed by atoms with van der Waals surface area (Å²) in [5.41, 5.74) is 2.36. The predicted molar refractivity (Wildman–Crippen MR) is 104 cm³/mol. The summed E-state index contributed by atoms with van der Waals surface area (Å²) in [5.74, 6) is 1.71. The van der Waals surface area contributed by atoms with Crippen LogP contribution >= 0.6 is 12.4 Å². The monoisotopic (exact) mass is 372 g/mol. The molecule has 1 saturated heterocycles. The quantitative estimate of drug-likeness (QED) is 0.863. The number of para-hydroxylation sites is 1. The molecule has 0 radical (unpaired) electrons. The highest BCUT2D eigenvalue weighted by Crippen LogP contribution is 2.58. The number of piperidine rings is 1. The maximum Gasteiger partial charge on any atom is 0.229 e. The summed E-state index contributed by atoms with van der Waals surface area (Å²) in [7, 11) is 0. The Hall–Kier alpha value is -1.85. The maximum atomic E-state index is 12.9. The summed E-state index contributed by atoms with van der Waals surface area (Å²) in [4.78, 5) is 12.9. The van der Waals surface area contributed by atoms with E-state index < -0.39 is 0 Å². The lowest BCUT2D eigenvalue weighted by Crippen LogP contribution is -2.31. The van der Waals surface area contributed by atoms with Crippen LogP contribution in [0.15, 0.2) is 36.4 Å². The zero-order valence-electron chi connectivity index (χ0n) is 14.8. The predicted octanol–water partition coefficient (Wildman–Crippen LogP) is 3.50. The van der Waals surface area contributed by atoms with Crippen LogP contribution in [0, 0.1) is 11.3 Å². The van der Waals surface area contributed by atoms with Crippen molar-refractivity contribution in [1.82, 2.24) is 15.1 Å². The molecule has 6 heteroatoms. The number of nitrogens with one attached hydrogen (secondary N) is 2. The van der Waals surface area contributed by atoms with E-state index in [-0.39, 0.29) is 29.6 Å². The third-order valence-electron chi connectivity index (χ3n) is 6.08. The molecule has 5 nitrogen and oxygen atoms in total. The highest BCUT2D eigenvalue weighted by molar-refractivity contribution is 5.94. The average molecular weight is 373 g/mol. The molecule has 2 N–H and O–H groups in total. The lowest BCUT2D eigenvalue weighted by Gasteiger charge is -2.23. The van der Waals surface area contributed by atoms with E-state index in [0.29, 0.717) is 5.92 Å². The summed E-state index contributed by atoms with van der Waals surface area (Å²) in [6, 6.07) is 12.1. The third kappa shape index (κ3) is 3.14. The lowest BCUT2D eigenvalue weighted by atomic mass is 9.92. The molecule has 1 unspecified atom stereocenters. The van der Waals surface area contributed by atoms with Gasteiger partial charge in [-0.15, -0.1) is 12.4 Å². The summed E-state index contributed by atoms with van der Waals surface area (Å²) in [6.07, 6.45) is 5.69. The molecule has 1 aromatic heterocycles. The Labute approximate surface area is 160 Å². The fourth-order valence-electron chi connectivity index (χ4n) is 4.24. The van der Waals surface area contributed by atoms with Crippen molar-refractivity contribution in [3.63, 3.8) is 0 Å². The first-order valence-corrected chi connectivity index (χ1v) is 9.42. The average Bonchev–Trinajstić information content (AvgIpc) is 3.56. The molecule has 1 aromatic carbocycles. The van der Waals surface area contributed by atoms with Gasteiger partial charge in [-0.25, -0.2) is 4.68 Å². The first kappa shape index (κ1) is 17.6. The van der Waals surface area contributed by atoms with Crippen LogP contribution in [0.4, 0.5) is 5.82 Å². The van der Waals surface area contributed by atoms with Gasteiger partial charge in [-0.2, -0.15) is 5.10 Å². The highest BCUT2D eigenvalue weighted by Gasteiger charge is 2.57. The maximum absolute atomic E-state index is 12.9. The van der Waals surface area contributed by atoms with Crippen LogP contribution in [0.3, 0.4) is 0 Å². The molecule has 1 atom stereocenters. The second kappa shape index (κ2) is 6.71. The molecule has 3 fully saturated rings. The van der Waals surface area contributed by atoms with Gasteiger partial charge in [-0.1, -0.05) is 18.2 Å². The molecule has 1 amide bonds. The SMILES string of the molecule is Cl.O=C(Nc1cc(C2CC2)nn1-c1ccccc1)C1CC12CCNCC2. The molecule has 1 spiro atoms. The van der Waals surface area contributed by atoms with Gasteiger partial charge in [0.2, 0.25) is 5.91 Å². The van der Waals surface area contributed by atoms with Crippen LogP contribution in [0.2, 0.25) is 0 Å². The minimum absolute atomic E-state index is 0. The lowest BCUT2D eigenvalue weighted by molar-refractivity contribution is -0.118. The van der Waals surface area contributed by atoms with Crippen molar-refractivity contribution < 1.29 is 4.79 Å². The number of benzene rings is 1. The molecule has 1 aliphatic heterocycles. The zero-order valence-corrected chi connectivity index (χ0v) is 15.6. The van der Waals surface area contributed by atoms with Gasteiger partial charge >= 0.3 is 0 Å². The second-order valence-corrected chi connectivity index (χ2v) is 7.83. The van der Waals surface area contributed by atoms with Gasteiger partial charge < -0.3 is 10.6 Å². The molecular formula is C20H25ClN4O. The normalized spacial score (nSPS) is 23.3. The van der Waals surface area contributed by atoms with Gasteiger partial charge in [0.05, 0.1) is 11.4 Å². The van der Waals surface area contributed by atoms with Gasteiger partial charge in [0, 0.05) is 17.9 Å². The van der Waals surface area contributed by atoms with Crippen molar-refractivity contribution in [3.8, 4) is 5.69 Å². The van der Waals surface area contributed by atoms with E-state index in [1.54, 1.807) is 0 Å². The molecular weight excluding hydrogens is 348 g/mol. The van der Waals surface area contributed by atoms with Gasteiger partial charge in [-0.3, -0.25) is 4.79 Å². The first-order valence-electron chi connectivity index (χ1n) is 9.42. The first-order chi connectivity index (χ1) is 12.3. The minimum Gasteiger partial charge on any atom is -0.317 e. The molecule has 26 heavy (non-hydrogen) atoms. The third-order valence-corrected chi connectivity index (χ3v) is 6.08. The van der Waals surface area contributed by atoms with Crippen molar-refractivity contribution in [1.29, 1.82) is 0 Å². The van der Waals surface area contributed by atoms with E-state index in [4.69, 9.17) is 5.10 Å². The highest BCUT2D eigenvalue weighted by atomic mass is 35.5. The van der Waals surface area contributed by atoms with Crippen molar-refractivity contribution in [2.45, 2.75) is 38.0 Å². The summed E-state index contributed by atoms with van der Waals surface area (Å²) in [5, 5.41) is 11.4. The molecule has 5 rings (SSSR count). The van der Waals surface area contributed by atoms with Crippen LogP contribution in [-0.2, 0) is 4.79 Å². The number of halogens is 1. The van der Waals surface area contributed by atoms with Crippen LogP contribution in [0.5, 0.6) is 0 Å². The molecule has 2 aliphatic carbocycles. The van der Waals surface area contributed by atoms with Crippen molar-refractivity contribution in [2.75, 3.05) is 18.4 Å². The number of hydrogen-bond acceptors (Lipinski definition) is 3. The number of aromatic nitrogens is 2. The van der Waals surface area contributed by atoms with Gasteiger partial charge in [0.15, 0.2) is 0 Å². The number of amides is 1. The Morgan fingerprint density at radius 2 is 1.92 bits per heavy atom. The van der Waals surface area contributed by atoms with E-state index in [1.165, 1.54) is 12.8 Å². The van der Waals surface area contributed by atoms with Crippen LogP contribution in [0.1, 0.15) is 43.7 Å². The number of carbonyl (C=O) groups excluding carboxylic acids is 1. The molecule has 138 valence electrons. The summed E-state index contributed by atoms with van der Waals surface area (Å²) >= 11 is 0. The smallest absolute Gasteiger partial charge is 0.229 e. The Bertz CT molecular complexity index is 793. The van der Waals surface area contributed by atoms with E-state index in [2.05, 4.69) is 16.7 Å². The van der Waals surface area contributed by atoms with Gasteiger partial charge in [-0.05, 0) is 62.7 Å². The number of rotatable bonds is 4.